The second kappa shape index (κ2) is 9.23. The van der Waals surface area contributed by atoms with Gasteiger partial charge in [0.05, 0.1) is 11.4 Å². The highest BCUT2D eigenvalue weighted by Gasteiger charge is 2.21. The summed E-state index contributed by atoms with van der Waals surface area (Å²) in [5, 5.41) is 3.13. The first-order valence-electron chi connectivity index (χ1n) is 10.5. The number of aryl methyl sites for hydroxylation is 3. The van der Waals surface area contributed by atoms with Crippen LogP contribution >= 0.6 is 0 Å². The molecule has 0 bridgehead atoms. The Morgan fingerprint density at radius 3 is 2.07 bits per heavy atom. The van der Waals surface area contributed by atoms with Crippen molar-refractivity contribution >= 4 is 11.6 Å². The number of carbonyl (C=O) groups excluding carboxylic acids is 1. The third kappa shape index (κ3) is 4.77. The van der Waals surface area contributed by atoms with E-state index in [1.807, 2.05) is 38.1 Å². The van der Waals surface area contributed by atoms with Gasteiger partial charge in [-0.05, 0) is 56.4 Å². The Labute approximate surface area is 179 Å². The highest BCUT2D eigenvalue weighted by molar-refractivity contribution is 6.07. The number of nitrogens with one attached hydrogen (secondary N) is 1. The van der Waals surface area contributed by atoms with Crippen molar-refractivity contribution < 1.29 is 4.79 Å². The largest absolute Gasteiger partial charge is 0.326 e. The van der Waals surface area contributed by atoms with Crippen LogP contribution in [0.1, 0.15) is 52.3 Å². The molecule has 0 spiro atoms. The molecule has 0 radical (unpaired) electrons. The maximum Gasteiger partial charge on any atom is 0.255 e. The van der Waals surface area contributed by atoms with Crippen molar-refractivity contribution in [1.29, 1.82) is 0 Å². The quantitative estimate of drug-likeness (QED) is 0.566. The van der Waals surface area contributed by atoms with Crippen molar-refractivity contribution in [2.45, 2.75) is 47.6 Å². The van der Waals surface area contributed by atoms with Gasteiger partial charge >= 0.3 is 0 Å². The number of nitrogens with two attached hydrogens (primary N) is 1. The second-order valence-corrected chi connectivity index (χ2v) is 8.36. The number of nitrogens with zero attached hydrogens (tertiary/aromatic N) is 1. The number of benzene rings is 2. The van der Waals surface area contributed by atoms with Gasteiger partial charge in [0, 0.05) is 23.4 Å². The summed E-state index contributed by atoms with van der Waals surface area (Å²) in [6.45, 7) is 10.7. The summed E-state index contributed by atoms with van der Waals surface area (Å²) in [5.74, 6) is 0.314. The monoisotopic (exact) mass is 401 g/mol. The minimum Gasteiger partial charge on any atom is -0.326 e. The minimum absolute atomic E-state index is 0.146. The molecule has 1 heterocycles. The van der Waals surface area contributed by atoms with E-state index in [1.165, 1.54) is 5.56 Å². The van der Waals surface area contributed by atoms with Crippen LogP contribution in [-0.4, -0.2) is 10.9 Å². The molecule has 0 saturated carbocycles. The molecule has 1 amide bonds. The van der Waals surface area contributed by atoms with Crippen LogP contribution in [0.25, 0.3) is 11.1 Å². The van der Waals surface area contributed by atoms with Crippen molar-refractivity contribution in [2.75, 3.05) is 5.32 Å². The predicted octanol–water partition coefficient (Wildman–Crippen LogP) is 5.58. The van der Waals surface area contributed by atoms with Crippen LogP contribution in [0, 0.1) is 26.7 Å². The molecular weight excluding hydrogens is 370 g/mol. The van der Waals surface area contributed by atoms with E-state index >= 15 is 0 Å². The number of amides is 1. The minimum atomic E-state index is -0.146. The van der Waals surface area contributed by atoms with Crippen molar-refractivity contribution in [2.24, 2.45) is 11.7 Å². The van der Waals surface area contributed by atoms with Crippen LogP contribution < -0.4 is 11.1 Å². The Hall–Kier alpha value is -2.98. The van der Waals surface area contributed by atoms with Crippen LogP contribution in [0.3, 0.4) is 0 Å². The number of aromatic nitrogens is 1. The van der Waals surface area contributed by atoms with Gasteiger partial charge in [-0.15, -0.1) is 0 Å². The van der Waals surface area contributed by atoms with Crippen LogP contribution in [0.4, 0.5) is 5.69 Å². The molecule has 0 aliphatic rings. The van der Waals surface area contributed by atoms with E-state index in [0.29, 0.717) is 18.0 Å². The Bertz CT molecular complexity index is 1040. The Morgan fingerprint density at radius 2 is 1.53 bits per heavy atom. The molecule has 0 aliphatic heterocycles. The molecule has 3 rings (SSSR count). The maximum absolute atomic E-state index is 13.0. The molecule has 30 heavy (non-hydrogen) atoms. The maximum atomic E-state index is 13.0. The van der Waals surface area contributed by atoms with Crippen molar-refractivity contribution in [1.82, 2.24) is 4.98 Å². The lowest BCUT2D eigenvalue weighted by atomic mass is 9.92. The number of hydrogen-bond donors (Lipinski definition) is 2. The van der Waals surface area contributed by atoms with Gasteiger partial charge in [-0.25, -0.2) is 0 Å². The van der Waals surface area contributed by atoms with E-state index in [4.69, 9.17) is 10.7 Å². The van der Waals surface area contributed by atoms with Gasteiger partial charge in [-0.2, -0.15) is 0 Å². The summed E-state index contributed by atoms with van der Waals surface area (Å²) < 4.78 is 0. The van der Waals surface area contributed by atoms with E-state index in [1.54, 1.807) is 0 Å². The van der Waals surface area contributed by atoms with E-state index < -0.39 is 0 Å². The average Bonchev–Trinajstić information content (AvgIpc) is 2.70. The molecule has 0 unspecified atom stereocenters. The zero-order valence-electron chi connectivity index (χ0n) is 18.5. The van der Waals surface area contributed by atoms with Crippen LogP contribution in [0.2, 0.25) is 0 Å². The van der Waals surface area contributed by atoms with E-state index in [9.17, 15) is 4.79 Å². The van der Waals surface area contributed by atoms with E-state index in [0.717, 1.165) is 45.7 Å². The standard InChI is InChI=1S/C26H31N3O/c1-16(2)14-23-22(15-27)24(20-10-6-17(3)7-11-20)25(19(5)28-23)29-26(30)21-12-8-18(4)9-13-21/h6-13,16H,14-15,27H2,1-5H3,(H,29,30). The number of rotatable bonds is 6. The summed E-state index contributed by atoms with van der Waals surface area (Å²) in [6, 6.07) is 15.9. The summed E-state index contributed by atoms with van der Waals surface area (Å²) in [7, 11) is 0. The van der Waals surface area contributed by atoms with E-state index in [2.05, 4.69) is 50.4 Å². The lowest BCUT2D eigenvalue weighted by Crippen LogP contribution is -2.18. The normalized spacial score (nSPS) is 11.0. The first kappa shape index (κ1) is 21.7. The Kier molecular flexibility index (Phi) is 6.68. The fourth-order valence-electron chi connectivity index (χ4n) is 3.66. The molecule has 0 atom stereocenters. The van der Waals surface area contributed by atoms with E-state index in [-0.39, 0.29) is 5.91 Å². The predicted molar refractivity (Wildman–Crippen MR) is 125 cm³/mol. The highest BCUT2D eigenvalue weighted by atomic mass is 16.1. The first-order chi connectivity index (χ1) is 14.3. The van der Waals surface area contributed by atoms with Crippen molar-refractivity contribution in [3.63, 3.8) is 0 Å². The summed E-state index contributed by atoms with van der Waals surface area (Å²) in [6.07, 6.45) is 0.846. The summed E-state index contributed by atoms with van der Waals surface area (Å²) >= 11 is 0. The molecule has 1 aromatic heterocycles. The number of anilines is 1. The van der Waals surface area contributed by atoms with Gasteiger partial charge in [0.1, 0.15) is 0 Å². The Balaban J connectivity index is 2.16. The lowest BCUT2D eigenvalue weighted by molar-refractivity contribution is 0.102. The smallest absolute Gasteiger partial charge is 0.255 e. The molecular formula is C26H31N3O. The molecule has 2 aromatic carbocycles. The SMILES string of the molecule is Cc1ccc(C(=O)Nc2c(C)nc(CC(C)C)c(CN)c2-c2ccc(C)cc2)cc1. The van der Waals surface area contributed by atoms with Gasteiger partial charge in [-0.1, -0.05) is 61.4 Å². The topological polar surface area (TPSA) is 68.0 Å². The molecule has 0 fully saturated rings. The van der Waals surface area contributed by atoms with Crippen molar-refractivity contribution in [3.05, 3.63) is 82.2 Å². The fourth-order valence-corrected chi connectivity index (χ4v) is 3.66. The third-order valence-electron chi connectivity index (χ3n) is 5.26. The highest BCUT2D eigenvalue weighted by Crippen LogP contribution is 2.36. The van der Waals surface area contributed by atoms with Crippen LogP contribution in [0.5, 0.6) is 0 Å². The third-order valence-corrected chi connectivity index (χ3v) is 5.26. The van der Waals surface area contributed by atoms with Crippen molar-refractivity contribution in [3.8, 4) is 11.1 Å². The molecule has 4 nitrogen and oxygen atoms in total. The first-order valence-corrected chi connectivity index (χ1v) is 10.5. The zero-order chi connectivity index (χ0) is 21.8. The second-order valence-electron chi connectivity index (χ2n) is 8.36. The zero-order valence-corrected chi connectivity index (χ0v) is 18.5. The van der Waals surface area contributed by atoms with Gasteiger partial charge in [0.15, 0.2) is 0 Å². The van der Waals surface area contributed by atoms with Crippen LogP contribution in [0.15, 0.2) is 48.5 Å². The molecule has 0 saturated heterocycles. The lowest BCUT2D eigenvalue weighted by Gasteiger charge is -2.21. The molecule has 3 aromatic rings. The summed E-state index contributed by atoms with van der Waals surface area (Å²) in [5.41, 5.74) is 14.7. The molecule has 4 heteroatoms. The molecule has 0 aliphatic carbocycles. The molecule has 3 N–H and O–H groups in total. The fraction of sp³-hybridized carbons (Fsp3) is 0.308. The van der Waals surface area contributed by atoms with Gasteiger partial charge in [0.2, 0.25) is 0 Å². The summed E-state index contributed by atoms with van der Waals surface area (Å²) in [4.78, 5) is 17.9. The van der Waals surface area contributed by atoms with Crippen LogP contribution in [-0.2, 0) is 13.0 Å². The number of carbonyl (C=O) groups is 1. The Morgan fingerprint density at radius 1 is 0.967 bits per heavy atom. The molecule has 156 valence electrons. The van der Waals surface area contributed by atoms with Gasteiger partial charge < -0.3 is 11.1 Å². The average molecular weight is 402 g/mol. The number of pyridine rings is 1. The van der Waals surface area contributed by atoms with Gasteiger partial charge in [-0.3, -0.25) is 9.78 Å². The number of hydrogen-bond acceptors (Lipinski definition) is 3. The van der Waals surface area contributed by atoms with Gasteiger partial charge in [0.25, 0.3) is 5.91 Å².